The molecule has 0 aromatic rings. The van der Waals surface area contributed by atoms with E-state index >= 15 is 0 Å². The van der Waals surface area contributed by atoms with E-state index in [4.69, 9.17) is 9.47 Å². The highest BCUT2D eigenvalue weighted by molar-refractivity contribution is 5.79. The summed E-state index contributed by atoms with van der Waals surface area (Å²) < 4.78 is 10.9. The number of hydrogen-bond acceptors (Lipinski definition) is 4. The van der Waals surface area contributed by atoms with Gasteiger partial charge in [-0.05, 0) is 25.3 Å². The number of likely N-dealkylation sites (N-methyl/N-ethyl adjacent to an activating group) is 1. The summed E-state index contributed by atoms with van der Waals surface area (Å²) in [6, 6.07) is 0.169. The van der Waals surface area contributed by atoms with Crippen LogP contribution in [0.15, 0.2) is 0 Å². The predicted octanol–water partition coefficient (Wildman–Crippen LogP) is 0.496. The molecule has 19 heavy (non-hydrogen) atoms. The average Bonchev–Trinajstić information content (AvgIpc) is 2.87. The SMILES string of the molecule is CCNC1COCC1C(=O)N(C)CC1CCCOC1. The predicted molar refractivity (Wildman–Crippen MR) is 73.0 cm³/mol. The van der Waals surface area contributed by atoms with Crippen LogP contribution in [0.25, 0.3) is 0 Å². The van der Waals surface area contributed by atoms with Crippen molar-refractivity contribution < 1.29 is 14.3 Å². The second kappa shape index (κ2) is 7.22. The summed E-state index contributed by atoms with van der Waals surface area (Å²) in [7, 11) is 1.90. The molecule has 2 heterocycles. The third-order valence-corrected chi connectivity index (χ3v) is 4.03. The van der Waals surface area contributed by atoms with Crippen molar-refractivity contribution >= 4 is 5.91 Å². The average molecular weight is 270 g/mol. The van der Waals surface area contributed by atoms with Crippen molar-refractivity contribution in [3.63, 3.8) is 0 Å². The summed E-state index contributed by atoms with van der Waals surface area (Å²) in [5, 5.41) is 3.34. The molecule has 0 radical (unpaired) electrons. The Morgan fingerprint density at radius 3 is 2.84 bits per heavy atom. The molecule has 0 bridgehead atoms. The van der Waals surface area contributed by atoms with Gasteiger partial charge in [0, 0.05) is 26.2 Å². The number of carbonyl (C=O) groups excluding carboxylic acids is 1. The zero-order valence-electron chi connectivity index (χ0n) is 12.1. The highest BCUT2D eigenvalue weighted by Gasteiger charge is 2.35. The van der Waals surface area contributed by atoms with Gasteiger partial charge in [-0.25, -0.2) is 0 Å². The Morgan fingerprint density at radius 1 is 1.32 bits per heavy atom. The number of hydrogen-bond donors (Lipinski definition) is 1. The third-order valence-electron chi connectivity index (χ3n) is 4.03. The van der Waals surface area contributed by atoms with Crippen LogP contribution in [0, 0.1) is 11.8 Å². The van der Waals surface area contributed by atoms with Crippen LogP contribution in [0.3, 0.4) is 0 Å². The Labute approximate surface area is 115 Å². The summed E-state index contributed by atoms with van der Waals surface area (Å²) in [6.07, 6.45) is 2.27. The van der Waals surface area contributed by atoms with Gasteiger partial charge in [0.05, 0.1) is 25.7 Å². The van der Waals surface area contributed by atoms with Crippen LogP contribution in [0.2, 0.25) is 0 Å². The summed E-state index contributed by atoms with van der Waals surface area (Å²) in [4.78, 5) is 14.3. The van der Waals surface area contributed by atoms with Gasteiger partial charge in [-0.15, -0.1) is 0 Å². The van der Waals surface area contributed by atoms with E-state index in [2.05, 4.69) is 12.2 Å². The Balaban J connectivity index is 1.83. The van der Waals surface area contributed by atoms with Gasteiger partial charge in [0.25, 0.3) is 0 Å². The second-order valence-electron chi connectivity index (χ2n) is 5.61. The fraction of sp³-hybridized carbons (Fsp3) is 0.929. The van der Waals surface area contributed by atoms with Crippen molar-refractivity contribution in [1.82, 2.24) is 10.2 Å². The molecule has 2 rings (SSSR count). The van der Waals surface area contributed by atoms with E-state index in [0.717, 1.165) is 39.1 Å². The molecule has 3 unspecified atom stereocenters. The van der Waals surface area contributed by atoms with E-state index in [1.165, 1.54) is 0 Å². The monoisotopic (exact) mass is 270 g/mol. The van der Waals surface area contributed by atoms with E-state index in [1.807, 2.05) is 11.9 Å². The molecule has 110 valence electrons. The lowest BCUT2D eigenvalue weighted by atomic mass is 9.99. The van der Waals surface area contributed by atoms with Gasteiger partial charge in [0.1, 0.15) is 0 Å². The molecule has 5 nitrogen and oxygen atoms in total. The Bertz CT molecular complexity index is 292. The van der Waals surface area contributed by atoms with Crippen molar-refractivity contribution in [2.45, 2.75) is 25.8 Å². The maximum Gasteiger partial charge on any atom is 0.229 e. The van der Waals surface area contributed by atoms with E-state index in [9.17, 15) is 4.79 Å². The van der Waals surface area contributed by atoms with E-state index in [1.54, 1.807) is 0 Å². The van der Waals surface area contributed by atoms with Gasteiger partial charge in [0.2, 0.25) is 5.91 Å². The van der Waals surface area contributed by atoms with Crippen LogP contribution in [0.4, 0.5) is 0 Å². The van der Waals surface area contributed by atoms with Gasteiger partial charge >= 0.3 is 0 Å². The number of ether oxygens (including phenoxy) is 2. The van der Waals surface area contributed by atoms with Gasteiger partial charge in [-0.2, -0.15) is 0 Å². The molecule has 2 aliphatic heterocycles. The standard InChI is InChI=1S/C14H26N2O3/c1-3-15-13-10-19-9-12(13)14(17)16(2)7-11-5-4-6-18-8-11/h11-13,15H,3-10H2,1-2H3. The van der Waals surface area contributed by atoms with Crippen molar-refractivity contribution in [3.8, 4) is 0 Å². The Kier molecular flexibility index (Phi) is 5.60. The summed E-state index contributed by atoms with van der Waals surface area (Å²) in [5.74, 6) is 0.658. The molecule has 2 fully saturated rings. The lowest BCUT2D eigenvalue weighted by Crippen LogP contribution is -2.46. The molecule has 0 aliphatic carbocycles. The topological polar surface area (TPSA) is 50.8 Å². The minimum atomic E-state index is -0.0329. The van der Waals surface area contributed by atoms with E-state index in [-0.39, 0.29) is 17.9 Å². The van der Waals surface area contributed by atoms with E-state index < -0.39 is 0 Å². The van der Waals surface area contributed by atoms with Crippen LogP contribution in [-0.4, -0.2) is 63.4 Å². The highest BCUT2D eigenvalue weighted by Crippen LogP contribution is 2.19. The highest BCUT2D eigenvalue weighted by atomic mass is 16.5. The lowest BCUT2D eigenvalue weighted by Gasteiger charge is -2.29. The molecule has 2 saturated heterocycles. The minimum absolute atomic E-state index is 0.0329. The van der Waals surface area contributed by atoms with Crippen molar-refractivity contribution in [1.29, 1.82) is 0 Å². The van der Waals surface area contributed by atoms with Gasteiger partial charge in [-0.1, -0.05) is 6.92 Å². The first-order chi connectivity index (χ1) is 9.22. The summed E-state index contributed by atoms with van der Waals surface area (Å²) in [6.45, 7) is 6.57. The van der Waals surface area contributed by atoms with Crippen molar-refractivity contribution in [2.75, 3.05) is 46.6 Å². The first-order valence-electron chi connectivity index (χ1n) is 7.36. The fourth-order valence-corrected chi connectivity index (χ4v) is 2.97. The van der Waals surface area contributed by atoms with Crippen LogP contribution in [0.1, 0.15) is 19.8 Å². The van der Waals surface area contributed by atoms with Crippen molar-refractivity contribution in [2.24, 2.45) is 11.8 Å². The summed E-state index contributed by atoms with van der Waals surface area (Å²) >= 11 is 0. The van der Waals surface area contributed by atoms with Crippen LogP contribution in [-0.2, 0) is 14.3 Å². The first kappa shape index (κ1) is 14.8. The molecule has 0 saturated carbocycles. The molecule has 1 amide bonds. The molecule has 5 heteroatoms. The normalized spacial score (nSPS) is 31.4. The van der Waals surface area contributed by atoms with Gasteiger partial charge in [0.15, 0.2) is 0 Å². The molecular formula is C14H26N2O3. The molecule has 1 N–H and O–H groups in total. The maximum atomic E-state index is 12.5. The molecule has 2 aliphatic rings. The van der Waals surface area contributed by atoms with Crippen LogP contribution >= 0.6 is 0 Å². The second-order valence-corrected chi connectivity index (χ2v) is 5.61. The number of carbonyl (C=O) groups is 1. The molecular weight excluding hydrogens is 244 g/mol. The molecule has 0 aromatic heterocycles. The van der Waals surface area contributed by atoms with Crippen LogP contribution < -0.4 is 5.32 Å². The Hall–Kier alpha value is -0.650. The number of nitrogens with one attached hydrogen (secondary N) is 1. The molecule has 0 aromatic carbocycles. The number of amides is 1. The van der Waals surface area contributed by atoms with Gasteiger partial charge < -0.3 is 19.7 Å². The van der Waals surface area contributed by atoms with E-state index in [0.29, 0.717) is 19.1 Å². The maximum absolute atomic E-state index is 12.5. The number of nitrogens with zero attached hydrogens (tertiary/aromatic N) is 1. The van der Waals surface area contributed by atoms with Gasteiger partial charge in [-0.3, -0.25) is 4.79 Å². The minimum Gasteiger partial charge on any atom is -0.381 e. The smallest absolute Gasteiger partial charge is 0.229 e. The number of rotatable bonds is 5. The largest absolute Gasteiger partial charge is 0.381 e. The van der Waals surface area contributed by atoms with Crippen molar-refractivity contribution in [3.05, 3.63) is 0 Å². The third kappa shape index (κ3) is 3.91. The quantitative estimate of drug-likeness (QED) is 0.790. The lowest BCUT2D eigenvalue weighted by molar-refractivity contribution is -0.135. The zero-order valence-corrected chi connectivity index (χ0v) is 12.1. The molecule has 3 atom stereocenters. The Morgan fingerprint density at radius 2 is 2.16 bits per heavy atom. The molecule has 0 spiro atoms. The zero-order chi connectivity index (χ0) is 13.7. The summed E-state index contributed by atoms with van der Waals surface area (Å²) in [5.41, 5.74) is 0. The first-order valence-corrected chi connectivity index (χ1v) is 7.36. The fourth-order valence-electron chi connectivity index (χ4n) is 2.97. The van der Waals surface area contributed by atoms with Crippen LogP contribution in [0.5, 0.6) is 0 Å².